The topological polar surface area (TPSA) is 68.3 Å². The smallest absolute Gasteiger partial charge is 0.287 e. The molecule has 0 unspecified atom stereocenters. The number of nitrogens with zero attached hydrogens (tertiary/aromatic N) is 1. The molecule has 0 aliphatic heterocycles. The van der Waals surface area contributed by atoms with Crippen LogP contribution in [0.25, 0.3) is 11.5 Å². The van der Waals surface area contributed by atoms with Gasteiger partial charge in [0.1, 0.15) is 5.69 Å². The summed E-state index contributed by atoms with van der Waals surface area (Å²) in [6.45, 7) is 0.394. The molecule has 0 atom stereocenters. The summed E-state index contributed by atoms with van der Waals surface area (Å²) < 4.78 is 10.3. The SMILES string of the molecule is O=C(NCc1ccc(-c2ccco2)nc1)c1ccco1. The Kier molecular flexibility index (Phi) is 3.33. The Morgan fingerprint density at radius 2 is 1.95 bits per heavy atom. The molecule has 0 aliphatic rings. The van der Waals surface area contributed by atoms with Gasteiger partial charge in [0.25, 0.3) is 5.91 Å². The summed E-state index contributed by atoms with van der Waals surface area (Å²) in [5.74, 6) is 0.770. The maximum Gasteiger partial charge on any atom is 0.287 e. The second-order valence-corrected chi connectivity index (χ2v) is 4.19. The summed E-state index contributed by atoms with van der Waals surface area (Å²) in [4.78, 5) is 16.0. The number of nitrogens with one attached hydrogen (secondary N) is 1. The molecular formula is C15H12N2O3. The standard InChI is InChI=1S/C15H12N2O3/c18-15(14-4-2-8-20-14)17-10-11-5-6-12(16-9-11)13-3-1-7-19-13/h1-9H,10H2,(H,17,18). The van der Waals surface area contributed by atoms with Gasteiger partial charge in [-0.25, -0.2) is 0 Å². The Morgan fingerprint density at radius 1 is 1.10 bits per heavy atom. The summed E-state index contributed by atoms with van der Waals surface area (Å²) in [6.07, 6.45) is 4.78. The van der Waals surface area contributed by atoms with Crippen molar-refractivity contribution in [3.63, 3.8) is 0 Å². The first kappa shape index (κ1) is 12.2. The molecule has 0 radical (unpaired) electrons. The molecule has 100 valence electrons. The zero-order chi connectivity index (χ0) is 13.8. The van der Waals surface area contributed by atoms with Crippen LogP contribution in [0.5, 0.6) is 0 Å². The highest BCUT2D eigenvalue weighted by atomic mass is 16.3. The van der Waals surface area contributed by atoms with Crippen LogP contribution in [0, 0.1) is 0 Å². The lowest BCUT2D eigenvalue weighted by molar-refractivity contribution is 0.0923. The second kappa shape index (κ2) is 5.44. The number of furan rings is 2. The van der Waals surface area contributed by atoms with E-state index in [-0.39, 0.29) is 5.91 Å². The first-order chi connectivity index (χ1) is 9.83. The molecule has 3 aromatic heterocycles. The van der Waals surface area contributed by atoms with E-state index in [9.17, 15) is 4.79 Å². The zero-order valence-corrected chi connectivity index (χ0v) is 10.6. The van der Waals surface area contributed by atoms with Crippen LogP contribution in [0.15, 0.2) is 64.0 Å². The predicted octanol–water partition coefficient (Wildman–Crippen LogP) is 2.86. The molecular weight excluding hydrogens is 256 g/mol. The maximum atomic E-state index is 11.7. The molecule has 5 nitrogen and oxygen atoms in total. The normalized spacial score (nSPS) is 10.4. The fourth-order valence-corrected chi connectivity index (χ4v) is 1.78. The van der Waals surface area contributed by atoms with Gasteiger partial charge >= 0.3 is 0 Å². The van der Waals surface area contributed by atoms with Gasteiger partial charge in [-0.15, -0.1) is 0 Å². The van der Waals surface area contributed by atoms with Crippen molar-refractivity contribution in [2.75, 3.05) is 0 Å². The van der Waals surface area contributed by atoms with E-state index < -0.39 is 0 Å². The van der Waals surface area contributed by atoms with E-state index in [1.54, 1.807) is 24.6 Å². The summed E-state index contributed by atoms with van der Waals surface area (Å²) in [5, 5.41) is 2.76. The van der Waals surface area contributed by atoms with Crippen molar-refractivity contribution in [3.05, 3.63) is 66.4 Å². The first-order valence-corrected chi connectivity index (χ1v) is 6.13. The van der Waals surface area contributed by atoms with Crippen molar-refractivity contribution in [1.29, 1.82) is 0 Å². The van der Waals surface area contributed by atoms with Gasteiger partial charge in [-0.1, -0.05) is 6.07 Å². The van der Waals surface area contributed by atoms with Gasteiger partial charge < -0.3 is 14.2 Å². The molecule has 0 spiro atoms. The van der Waals surface area contributed by atoms with Crippen molar-refractivity contribution in [3.8, 4) is 11.5 Å². The summed E-state index contributed by atoms with van der Waals surface area (Å²) in [7, 11) is 0. The average Bonchev–Trinajstić information content (AvgIpc) is 3.18. The quantitative estimate of drug-likeness (QED) is 0.790. The Labute approximate surface area is 115 Å². The van der Waals surface area contributed by atoms with Crippen LogP contribution >= 0.6 is 0 Å². The van der Waals surface area contributed by atoms with Gasteiger partial charge in [-0.05, 0) is 35.9 Å². The van der Waals surface area contributed by atoms with Gasteiger partial charge in [-0.3, -0.25) is 9.78 Å². The minimum Gasteiger partial charge on any atom is -0.463 e. The molecule has 3 heterocycles. The Balaban J connectivity index is 1.63. The highest BCUT2D eigenvalue weighted by molar-refractivity contribution is 5.91. The van der Waals surface area contributed by atoms with E-state index in [0.717, 1.165) is 17.0 Å². The van der Waals surface area contributed by atoms with Crippen molar-refractivity contribution >= 4 is 5.91 Å². The minimum atomic E-state index is -0.245. The average molecular weight is 268 g/mol. The molecule has 5 heteroatoms. The Bertz CT molecular complexity index is 671. The molecule has 0 fully saturated rings. The lowest BCUT2D eigenvalue weighted by Crippen LogP contribution is -2.22. The van der Waals surface area contributed by atoms with E-state index in [4.69, 9.17) is 8.83 Å². The maximum absolute atomic E-state index is 11.7. The van der Waals surface area contributed by atoms with Crippen molar-refractivity contribution in [2.24, 2.45) is 0 Å². The monoisotopic (exact) mass is 268 g/mol. The van der Waals surface area contributed by atoms with E-state index in [2.05, 4.69) is 10.3 Å². The third-order valence-electron chi connectivity index (χ3n) is 2.80. The fourth-order valence-electron chi connectivity index (χ4n) is 1.78. The van der Waals surface area contributed by atoms with Crippen LogP contribution in [-0.4, -0.2) is 10.9 Å². The summed E-state index contributed by atoms with van der Waals surface area (Å²) in [6, 6.07) is 10.7. The lowest BCUT2D eigenvalue weighted by Gasteiger charge is -2.03. The van der Waals surface area contributed by atoms with Crippen molar-refractivity contribution in [2.45, 2.75) is 6.54 Å². The Morgan fingerprint density at radius 3 is 2.60 bits per heavy atom. The van der Waals surface area contributed by atoms with Gasteiger partial charge in [-0.2, -0.15) is 0 Å². The van der Waals surface area contributed by atoms with Crippen molar-refractivity contribution in [1.82, 2.24) is 10.3 Å². The fraction of sp³-hybridized carbons (Fsp3) is 0.0667. The van der Waals surface area contributed by atoms with Crippen LogP contribution in [0.1, 0.15) is 16.1 Å². The Hall–Kier alpha value is -2.82. The molecule has 3 rings (SSSR count). The number of aromatic nitrogens is 1. The molecule has 0 aliphatic carbocycles. The van der Waals surface area contributed by atoms with Crippen LogP contribution in [0.3, 0.4) is 0 Å². The van der Waals surface area contributed by atoms with Gasteiger partial charge in [0, 0.05) is 12.7 Å². The van der Waals surface area contributed by atoms with Crippen LogP contribution in [0.2, 0.25) is 0 Å². The first-order valence-electron chi connectivity index (χ1n) is 6.13. The number of rotatable bonds is 4. The van der Waals surface area contributed by atoms with Crippen molar-refractivity contribution < 1.29 is 13.6 Å². The molecule has 0 saturated heterocycles. The number of carbonyl (C=O) groups is 1. The van der Waals surface area contributed by atoms with Gasteiger partial charge in [0.2, 0.25) is 0 Å². The molecule has 3 aromatic rings. The largest absolute Gasteiger partial charge is 0.463 e. The predicted molar refractivity (Wildman–Crippen MR) is 71.8 cm³/mol. The molecule has 0 aromatic carbocycles. The molecule has 1 amide bonds. The third-order valence-corrected chi connectivity index (χ3v) is 2.80. The molecule has 0 bridgehead atoms. The number of hydrogen-bond donors (Lipinski definition) is 1. The number of amides is 1. The summed E-state index contributed by atoms with van der Waals surface area (Å²) in [5.41, 5.74) is 1.66. The van der Waals surface area contributed by atoms with Gasteiger partial charge in [0.15, 0.2) is 11.5 Å². The van der Waals surface area contributed by atoms with E-state index in [1.165, 1.54) is 6.26 Å². The van der Waals surface area contributed by atoms with E-state index in [0.29, 0.717) is 12.3 Å². The number of pyridine rings is 1. The minimum absolute atomic E-state index is 0.245. The third kappa shape index (κ3) is 2.61. The highest BCUT2D eigenvalue weighted by Gasteiger charge is 2.08. The van der Waals surface area contributed by atoms with Crippen LogP contribution in [0.4, 0.5) is 0 Å². The lowest BCUT2D eigenvalue weighted by atomic mass is 10.2. The zero-order valence-electron chi connectivity index (χ0n) is 10.6. The molecule has 20 heavy (non-hydrogen) atoms. The number of hydrogen-bond acceptors (Lipinski definition) is 4. The van der Waals surface area contributed by atoms with Crippen LogP contribution < -0.4 is 5.32 Å². The number of carbonyl (C=O) groups excluding carboxylic acids is 1. The van der Waals surface area contributed by atoms with E-state index in [1.807, 2.05) is 24.3 Å². The molecule has 0 saturated carbocycles. The van der Waals surface area contributed by atoms with E-state index >= 15 is 0 Å². The van der Waals surface area contributed by atoms with Crippen LogP contribution in [-0.2, 0) is 6.54 Å². The highest BCUT2D eigenvalue weighted by Crippen LogP contribution is 2.17. The second-order valence-electron chi connectivity index (χ2n) is 4.19. The molecule has 1 N–H and O–H groups in total. The summed E-state index contributed by atoms with van der Waals surface area (Å²) >= 11 is 0. The van der Waals surface area contributed by atoms with Gasteiger partial charge in [0.05, 0.1) is 12.5 Å².